The quantitative estimate of drug-likeness (QED) is 0.745. The lowest BCUT2D eigenvalue weighted by Crippen LogP contribution is -2.45. The van der Waals surface area contributed by atoms with Gasteiger partial charge in [-0.05, 0) is 12.8 Å². The van der Waals surface area contributed by atoms with Crippen molar-refractivity contribution >= 4 is 5.91 Å². The molecule has 1 N–H and O–H groups in total. The van der Waals surface area contributed by atoms with Gasteiger partial charge < -0.3 is 14.6 Å². The molecule has 5 rings (SSSR count). The van der Waals surface area contributed by atoms with Crippen LogP contribution in [0.5, 0.6) is 0 Å². The predicted octanol–water partition coefficient (Wildman–Crippen LogP) is 2.18. The summed E-state index contributed by atoms with van der Waals surface area (Å²) in [5.41, 5.74) is 2.18. The SMILES string of the molecule is O=C(N[C@H]1C[C@H](n2cc(C3COC3)nn2)C1)c1cc(-c2ccccc2)on1. The van der Waals surface area contributed by atoms with E-state index >= 15 is 0 Å². The number of rotatable bonds is 5. The number of amides is 1. The van der Waals surface area contributed by atoms with Crippen LogP contribution in [-0.2, 0) is 4.74 Å². The smallest absolute Gasteiger partial charge is 0.273 e. The van der Waals surface area contributed by atoms with Crippen LogP contribution in [0.4, 0.5) is 0 Å². The van der Waals surface area contributed by atoms with Gasteiger partial charge in [0.2, 0.25) is 0 Å². The molecule has 0 bridgehead atoms. The Balaban J connectivity index is 1.16. The molecule has 3 aromatic rings. The summed E-state index contributed by atoms with van der Waals surface area (Å²) in [7, 11) is 0. The van der Waals surface area contributed by atoms with Gasteiger partial charge >= 0.3 is 0 Å². The Kier molecular flexibility index (Phi) is 3.97. The molecule has 1 aliphatic heterocycles. The normalized spacial score (nSPS) is 22.1. The third kappa shape index (κ3) is 3.12. The second-order valence-electron chi connectivity index (χ2n) is 7.10. The molecule has 1 saturated carbocycles. The van der Waals surface area contributed by atoms with E-state index in [1.54, 1.807) is 6.07 Å². The highest BCUT2D eigenvalue weighted by atomic mass is 16.5. The maximum absolute atomic E-state index is 12.4. The summed E-state index contributed by atoms with van der Waals surface area (Å²) in [4.78, 5) is 12.4. The average molecular weight is 365 g/mol. The van der Waals surface area contributed by atoms with E-state index in [-0.39, 0.29) is 18.0 Å². The van der Waals surface area contributed by atoms with Gasteiger partial charge in [-0.25, -0.2) is 4.68 Å². The fourth-order valence-electron chi connectivity index (χ4n) is 3.36. The molecule has 2 aromatic heterocycles. The van der Waals surface area contributed by atoms with Crippen LogP contribution in [-0.4, -0.2) is 45.3 Å². The van der Waals surface area contributed by atoms with Gasteiger partial charge in [0.15, 0.2) is 11.5 Å². The lowest BCUT2D eigenvalue weighted by molar-refractivity contribution is 0.00664. The second kappa shape index (κ2) is 6.62. The molecule has 1 saturated heterocycles. The topological polar surface area (TPSA) is 95.1 Å². The van der Waals surface area contributed by atoms with Crippen LogP contribution in [0.15, 0.2) is 47.1 Å². The lowest BCUT2D eigenvalue weighted by atomic mass is 9.86. The highest BCUT2D eigenvalue weighted by molar-refractivity contribution is 5.93. The summed E-state index contributed by atoms with van der Waals surface area (Å²) in [5.74, 6) is 0.748. The first-order valence-corrected chi connectivity index (χ1v) is 9.09. The molecule has 1 aliphatic carbocycles. The fourth-order valence-corrected chi connectivity index (χ4v) is 3.36. The molecule has 27 heavy (non-hydrogen) atoms. The van der Waals surface area contributed by atoms with E-state index < -0.39 is 0 Å². The molecule has 3 heterocycles. The van der Waals surface area contributed by atoms with Crippen molar-refractivity contribution in [3.8, 4) is 11.3 Å². The van der Waals surface area contributed by atoms with Gasteiger partial charge in [0.1, 0.15) is 0 Å². The monoisotopic (exact) mass is 365 g/mol. The average Bonchev–Trinajstić information content (AvgIpc) is 3.27. The number of hydrogen-bond donors (Lipinski definition) is 1. The first kappa shape index (κ1) is 16.2. The van der Waals surface area contributed by atoms with Crippen molar-refractivity contribution in [3.05, 3.63) is 54.0 Å². The van der Waals surface area contributed by atoms with E-state index in [2.05, 4.69) is 20.8 Å². The van der Waals surface area contributed by atoms with Crippen LogP contribution in [0.25, 0.3) is 11.3 Å². The molecule has 8 nitrogen and oxygen atoms in total. The minimum Gasteiger partial charge on any atom is -0.380 e. The summed E-state index contributed by atoms with van der Waals surface area (Å²) in [5, 5.41) is 15.3. The zero-order chi connectivity index (χ0) is 18.2. The molecule has 0 radical (unpaired) electrons. The molecular formula is C19H19N5O3. The van der Waals surface area contributed by atoms with Crippen molar-refractivity contribution in [2.45, 2.75) is 30.8 Å². The van der Waals surface area contributed by atoms with Gasteiger partial charge in [-0.3, -0.25) is 4.79 Å². The number of ether oxygens (including phenoxy) is 1. The van der Waals surface area contributed by atoms with Crippen LogP contribution in [0, 0.1) is 0 Å². The van der Waals surface area contributed by atoms with E-state index in [4.69, 9.17) is 9.26 Å². The van der Waals surface area contributed by atoms with Crippen LogP contribution >= 0.6 is 0 Å². The number of nitrogens with zero attached hydrogens (tertiary/aromatic N) is 4. The number of nitrogens with one attached hydrogen (secondary N) is 1. The Morgan fingerprint density at radius 3 is 2.74 bits per heavy atom. The minimum absolute atomic E-state index is 0.110. The Morgan fingerprint density at radius 2 is 2.00 bits per heavy atom. The van der Waals surface area contributed by atoms with Crippen LogP contribution in [0.3, 0.4) is 0 Å². The largest absolute Gasteiger partial charge is 0.380 e. The predicted molar refractivity (Wildman–Crippen MR) is 95.0 cm³/mol. The number of carbonyl (C=O) groups excluding carboxylic acids is 1. The third-order valence-electron chi connectivity index (χ3n) is 5.21. The highest BCUT2D eigenvalue weighted by Gasteiger charge is 2.34. The summed E-state index contributed by atoms with van der Waals surface area (Å²) in [6.45, 7) is 1.45. The Morgan fingerprint density at radius 1 is 1.19 bits per heavy atom. The van der Waals surface area contributed by atoms with Crippen LogP contribution < -0.4 is 5.32 Å². The van der Waals surface area contributed by atoms with Gasteiger partial charge in [-0.1, -0.05) is 40.7 Å². The molecule has 0 unspecified atom stereocenters. The van der Waals surface area contributed by atoms with Gasteiger partial charge in [0.05, 0.1) is 30.9 Å². The van der Waals surface area contributed by atoms with Crippen molar-refractivity contribution in [2.24, 2.45) is 0 Å². The number of hydrogen-bond acceptors (Lipinski definition) is 6. The summed E-state index contributed by atoms with van der Waals surface area (Å²) >= 11 is 0. The molecule has 0 spiro atoms. The van der Waals surface area contributed by atoms with Gasteiger partial charge in [0, 0.05) is 23.9 Å². The number of aromatic nitrogens is 4. The van der Waals surface area contributed by atoms with Gasteiger partial charge in [-0.15, -0.1) is 5.10 Å². The van der Waals surface area contributed by atoms with Crippen molar-refractivity contribution in [1.82, 2.24) is 25.5 Å². The second-order valence-corrected chi connectivity index (χ2v) is 7.10. The van der Waals surface area contributed by atoms with E-state index in [1.165, 1.54) is 0 Å². The fraction of sp³-hybridized carbons (Fsp3) is 0.368. The summed E-state index contributed by atoms with van der Waals surface area (Å²) < 4.78 is 12.4. The molecule has 1 aromatic carbocycles. The first-order chi connectivity index (χ1) is 13.3. The Bertz CT molecular complexity index is 941. The maximum Gasteiger partial charge on any atom is 0.273 e. The molecule has 1 amide bonds. The van der Waals surface area contributed by atoms with Gasteiger partial charge in [-0.2, -0.15) is 0 Å². The van der Waals surface area contributed by atoms with E-state index in [0.29, 0.717) is 17.4 Å². The number of benzene rings is 1. The summed E-state index contributed by atoms with van der Waals surface area (Å²) in [6, 6.07) is 11.7. The van der Waals surface area contributed by atoms with Crippen LogP contribution in [0.2, 0.25) is 0 Å². The van der Waals surface area contributed by atoms with E-state index in [1.807, 2.05) is 41.2 Å². The lowest BCUT2D eigenvalue weighted by Gasteiger charge is -2.35. The molecule has 0 atom stereocenters. The number of carbonyl (C=O) groups is 1. The molecule has 2 aliphatic rings. The summed E-state index contributed by atoms with van der Waals surface area (Å²) in [6.07, 6.45) is 3.66. The van der Waals surface area contributed by atoms with Crippen LogP contribution in [0.1, 0.15) is 41.0 Å². The molecule has 8 heteroatoms. The Hall–Kier alpha value is -3.00. The first-order valence-electron chi connectivity index (χ1n) is 9.09. The van der Waals surface area contributed by atoms with Crippen molar-refractivity contribution in [3.63, 3.8) is 0 Å². The Labute approximate surface area is 155 Å². The standard InChI is InChI=1S/C19H19N5O3/c25-19(16-8-18(27-22-16)12-4-2-1-3-5-12)20-14-6-15(7-14)24-9-17(21-23-24)13-10-26-11-13/h1-5,8-9,13-15H,6-7,10-11H2,(H,20,25)/t14-,15-. The molecule has 138 valence electrons. The third-order valence-corrected chi connectivity index (χ3v) is 5.21. The highest BCUT2D eigenvalue weighted by Crippen LogP contribution is 2.33. The zero-order valence-electron chi connectivity index (χ0n) is 14.6. The molecular weight excluding hydrogens is 346 g/mol. The van der Waals surface area contributed by atoms with Crippen molar-refractivity contribution in [1.29, 1.82) is 0 Å². The zero-order valence-corrected chi connectivity index (χ0v) is 14.6. The van der Waals surface area contributed by atoms with Gasteiger partial charge in [0.25, 0.3) is 5.91 Å². The van der Waals surface area contributed by atoms with Crippen molar-refractivity contribution in [2.75, 3.05) is 13.2 Å². The van der Waals surface area contributed by atoms with E-state index in [9.17, 15) is 4.79 Å². The van der Waals surface area contributed by atoms with Crippen molar-refractivity contribution < 1.29 is 14.1 Å². The minimum atomic E-state index is -0.213. The van der Waals surface area contributed by atoms with E-state index in [0.717, 1.165) is 37.3 Å². The molecule has 2 fully saturated rings. The maximum atomic E-state index is 12.4.